The fourth-order valence-electron chi connectivity index (χ4n) is 7.33. The molecule has 8 heteroatoms. The highest BCUT2D eigenvalue weighted by atomic mass is 35.5. The number of nitrogens with zero attached hydrogens (tertiary/aromatic N) is 6. The molecule has 39 heavy (non-hydrogen) atoms. The Morgan fingerprint density at radius 2 is 1.23 bits per heavy atom. The Balaban J connectivity index is 1.98. The molecule has 7 nitrogen and oxygen atoms in total. The molecule has 3 aliphatic rings. The molecule has 0 radical (unpaired) electrons. The van der Waals surface area contributed by atoms with Crippen LogP contribution in [0, 0.1) is 0 Å². The lowest BCUT2D eigenvalue weighted by Gasteiger charge is -2.57. The van der Waals surface area contributed by atoms with Gasteiger partial charge in [-0.05, 0) is 120 Å². The number of aliphatic imine (C=N–C) groups is 1. The Labute approximate surface area is 245 Å². The molecule has 3 heterocycles. The molecule has 3 aliphatic heterocycles. The van der Waals surface area contributed by atoms with Gasteiger partial charge < -0.3 is 4.90 Å². The Morgan fingerprint density at radius 1 is 0.795 bits per heavy atom. The molecular formula is C31H60ClN7. The minimum absolute atomic E-state index is 0.107. The largest absolute Gasteiger partial charge is 0.352 e. The van der Waals surface area contributed by atoms with Crippen LogP contribution in [0.5, 0.6) is 0 Å². The van der Waals surface area contributed by atoms with Crippen molar-refractivity contribution >= 4 is 16.9 Å². The predicted octanol–water partition coefficient (Wildman–Crippen LogP) is 6.62. The minimum atomic E-state index is 0.107. The van der Waals surface area contributed by atoms with E-state index in [1.807, 2.05) is 0 Å². The summed E-state index contributed by atoms with van der Waals surface area (Å²) in [6.45, 7) is 25.6. The van der Waals surface area contributed by atoms with Crippen LogP contribution in [0.15, 0.2) is 17.0 Å². The molecule has 0 aromatic carbocycles. The third-order valence-electron chi connectivity index (χ3n) is 10.2. The molecule has 0 aromatic rings. The topological polar surface area (TPSA) is 40.6 Å². The maximum Gasteiger partial charge on any atom is 0.218 e. The van der Waals surface area contributed by atoms with Crippen LogP contribution in [0.25, 0.3) is 0 Å². The van der Waals surface area contributed by atoms with Crippen LogP contribution in [0.2, 0.25) is 0 Å². The van der Waals surface area contributed by atoms with Crippen molar-refractivity contribution < 1.29 is 0 Å². The molecule has 2 saturated heterocycles. The summed E-state index contributed by atoms with van der Waals surface area (Å²) in [5.41, 5.74) is 3.85. The van der Waals surface area contributed by atoms with Gasteiger partial charge in [-0.2, -0.15) is 10.0 Å². The van der Waals surface area contributed by atoms with Crippen molar-refractivity contribution in [3.63, 3.8) is 0 Å². The minimum Gasteiger partial charge on any atom is -0.352 e. The molecule has 0 amide bonds. The van der Waals surface area contributed by atoms with Gasteiger partial charge in [-0.15, -0.1) is 0 Å². The molecule has 0 aromatic heterocycles. The second kappa shape index (κ2) is 12.1. The smallest absolute Gasteiger partial charge is 0.218 e. The van der Waals surface area contributed by atoms with Gasteiger partial charge in [0.25, 0.3) is 0 Å². The molecule has 2 fully saturated rings. The van der Waals surface area contributed by atoms with Gasteiger partial charge in [0.2, 0.25) is 5.29 Å². The summed E-state index contributed by atoms with van der Waals surface area (Å²) in [5, 5.41) is 5.18. The van der Waals surface area contributed by atoms with Gasteiger partial charge in [-0.1, -0.05) is 26.7 Å². The molecule has 0 atom stereocenters. The van der Waals surface area contributed by atoms with E-state index in [9.17, 15) is 0 Å². The third kappa shape index (κ3) is 7.25. The van der Waals surface area contributed by atoms with Gasteiger partial charge in [-0.25, -0.2) is 5.12 Å². The zero-order valence-electron chi connectivity index (χ0n) is 27.4. The Kier molecular flexibility index (Phi) is 10.1. The van der Waals surface area contributed by atoms with Crippen LogP contribution < -0.4 is 5.43 Å². The van der Waals surface area contributed by atoms with Gasteiger partial charge in [0.05, 0.1) is 6.20 Å². The Bertz CT molecular complexity index is 857. The lowest BCUT2D eigenvalue weighted by atomic mass is 9.77. The van der Waals surface area contributed by atoms with E-state index in [4.69, 9.17) is 16.6 Å². The van der Waals surface area contributed by atoms with Crippen LogP contribution in [0.3, 0.4) is 0 Å². The quantitative estimate of drug-likeness (QED) is 0.300. The second-order valence-electron chi connectivity index (χ2n) is 14.9. The van der Waals surface area contributed by atoms with Gasteiger partial charge in [-0.3, -0.25) is 15.2 Å². The highest BCUT2D eigenvalue weighted by molar-refractivity contribution is 6.64. The van der Waals surface area contributed by atoms with Gasteiger partial charge in [0, 0.05) is 47.3 Å². The number of hydrogen-bond acceptors (Lipinski definition) is 7. The number of amidine groups is 1. The summed E-state index contributed by atoms with van der Waals surface area (Å²) in [7, 11) is 4.56. The van der Waals surface area contributed by atoms with Crippen LogP contribution in [-0.2, 0) is 0 Å². The molecule has 3 rings (SSSR count). The first-order valence-corrected chi connectivity index (χ1v) is 15.9. The highest BCUT2D eigenvalue weighted by Crippen LogP contribution is 2.42. The standard InChI is InChI=1S/C31H60ClN7/c1-13-15-17-37(24-19-28(3,4)35(11)29(5,6)20-24)26-23-39(34-27(32)33-26)38(18-16-14-2)25-21-30(7,8)36(12)31(9,10)22-25/h23-25H,13-22H2,1-12H3,(H,33,34). The van der Waals surface area contributed by atoms with E-state index < -0.39 is 0 Å². The van der Waals surface area contributed by atoms with Crippen molar-refractivity contribution in [1.29, 1.82) is 0 Å². The number of likely N-dealkylation sites (tertiary alicyclic amines) is 2. The number of halogens is 1. The first-order chi connectivity index (χ1) is 17.9. The van der Waals surface area contributed by atoms with Crippen LogP contribution >= 0.6 is 11.6 Å². The molecule has 0 saturated carbocycles. The summed E-state index contributed by atoms with van der Waals surface area (Å²) < 4.78 is 0. The van der Waals surface area contributed by atoms with Crippen molar-refractivity contribution in [3.8, 4) is 0 Å². The zero-order valence-corrected chi connectivity index (χ0v) is 28.1. The van der Waals surface area contributed by atoms with Gasteiger partial charge in [0.15, 0.2) is 5.82 Å². The number of piperidine rings is 2. The van der Waals surface area contributed by atoms with Crippen molar-refractivity contribution in [2.45, 2.75) is 155 Å². The second-order valence-corrected chi connectivity index (χ2v) is 15.3. The van der Waals surface area contributed by atoms with Crippen molar-refractivity contribution in [3.05, 3.63) is 12.0 Å². The first kappa shape index (κ1) is 32.5. The van der Waals surface area contributed by atoms with E-state index in [2.05, 4.69) is 120 Å². The van der Waals surface area contributed by atoms with Gasteiger partial charge in [0.1, 0.15) is 0 Å². The molecule has 0 bridgehead atoms. The first-order valence-electron chi connectivity index (χ1n) is 15.5. The van der Waals surface area contributed by atoms with Crippen molar-refractivity contribution in [2.24, 2.45) is 4.99 Å². The van der Waals surface area contributed by atoms with Crippen molar-refractivity contribution in [1.82, 2.24) is 30.3 Å². The van der Waals surface area contributed by atoms with Gasteiger partial charge >= 0.3 is 0 Å². The number of rotatable bonds is 10. The lowest BCUT2D eigenvalue weighted by Crippen LogP contribution is -2.66. The third-order valence-corrected chi connectivity index (χ3v) is 10.3. The number of hydrogen-bond donors (Lipinski definition) is 1. The zero-order chi connectivity index (χ0) is 29.4. The highest BCUT2D eigenvalue weighted by Gasteiger charge is 2.47. The van der Waals surface area contributed by atoms with Crippen molar-refractivity contribution in [2.75, 3.05) is 27.2 Å². The molecule has 226 valence electrons. The summed E-state index contributed by atoms with van der Waals surface area (Å²) in [6, 6.07) is 0.804. The normalized spacial score (nSPS) is 25.8. The lowest BCUT2D eigenvalue weighted by molar-refractivity contribution is -0.116. The molecule has 0 unspecified atom stereocenters. The average Bonchev–Trinajstić information content (AvgIpc) is 2.80. The van der Waals surface area contributed by atoms with Crippen LogP contribution in [0.1, 0.15) is 121 Å². The van der Waals surface area contributed by atoms with Crippen LogP contribution in [0.4, 0.5) is 0 Å². The average molecular weight is 566 g/mol. The fourth-order valence-corrected chi connectivity index (χ4v) is 7.51. The molecule has 0 spiro atoms. The summed E-state index contributed by atoms with van der Waals surface area (Å²) >= 11 is 6.80. The SMILES string of the molecule is CCCCN(C1=CN(N(CCCC)C2CC(C)(C)N(C)C(C)(C)C2)NC(Cl)=N1)C1CC(C)(C)N(C)C(C)(C)C1. The monoisotopic (exact) mass is 565 g/mol. The number of hydrazine groups is 2. The van der Waals surface area contributed by atoms with E-state index in [0.717, 1.165) is 70.3 Å². The summed E-state index contributed by atoms with van der Waals surface area (Å²) in [5.74, 6) is 0.987. The van der Waals surface area contributed by atoms with E-state index in [0.29, 0.717) is 17.4 Å². The predicted molar refractivity (Wildman–Crippen MR) is 167 cm³/mol. The maximum atomic E-state index is 6.80. The fraction of sp³-hybridized carbons (Fsp3) is 0.903. The van der Waals surface area contributed by atoms with E-state index in [-0.39, 0.29) is 22.2 Å². The number of unbranched alkanes of at least 4 members (excludes halogenated alkanes) is 2. The Hall–Kier alpha value is -1.02. The number of nitrogens with one attached hydrogen (secondary N) is 1. The molecular weight excluding hydrogens is 506 g/mol. The summed E-state index contributed by atoms with van der Waals surface area (Å²) in [6.07, 6.45) is 11.2. The van der Waals surface area contributed by atoms with E-state index in [1.165, 1.54) is 0 Å². The summed E-state index contributed by atoms with van der Waals surface area (Å²) in [4.78, 5) is 12.6. The van der Waals surface area contributed by atoms with E-state index in [1.54, 1.807) is 0 Å². The molecule has 1 N–H and O–H groups in total. The van der Waals surface area contributed by atoms with E-state index >= 15 is 0 Å². The maximum absolute atomic E-state index is 6.80. The molecule has 0 aliphatic carbocycles. The Morgan fingerprint density at radius 3 is 1.69 bits per heavy atom. The van der Waals surface area contributed by atoms with Crippen LogP contribution in [-0.4, -0.2) is 91.5 Å².